The molecule has 0 atom stereocenters. The Hall–Kier alpha value is -2.04. The Morgan fingerprint density at radius 3 is 2.76 bits per heavy atom. The Bertz CT molecular complexity index is 522. The summed E-state index contributed by atoms with van der Waals surface area (Å²) in [6.45, 7) is 0. The van der Waals surface area contributed by atoms with E-state index in [4.69, 9.17) is 5.73 Å². The van der Waals surface area contributed by atoms with Crippen molar-refractivity contribution in [1.29, 1.82) is 0 Å². The van der Waals surface area contributed by atoms with Crippen molar-refractivity contribution in [1.82, 2.24) is 19.9 Å². The summed E-state index contributed by atoms with van der Waals surface area (Å²) in [5.41, 5.74) is 6.64. The minimum Gasteiger partial charge on any atom is -0.368 e. The summed E-state index contributed by atoms with van der Waals surface area (Å²) in [7, 11) is 0. The van der Waals surface area contributed by atoms with Gasteiger partial charge < -0.3 is 5.73 Å². The third kappa shape index (κ3) is 2.38. The van der Waals surface area contributed by atoms with Crippen LogP contribution in [0.1, 0.15) is 36.1 Å². The molecule has 0 saturated heterocycles. The van der Waals surface area contributed by atoms with E-state index in [-0.39, 0.29) is 0 Å². The van der Waals surface area contributed by atoms with Crippen molar-refractivity contribution in [3.05, 3.63) is 41.7 Å². The first-order valence-electron chi connectivity index (χ1n) is 5.71. The van der Waals surface area contributed by atoms with Crippen molar-refractivity contribution in [2.75, 3.05) is 5.73 Å². The van der Waals surface area contributed by atoms with Gasteiger partial charge in [0.05, 0.1) is 6.42 Å². The molecular weight excluding hydrogens is 214 g/mol. The fourth-order valence-corrected chi connectivity index (χ4v) is 1.72. The topological polar surface area (TPSA) is 77.6 Å². The molecule has 0 aromatic carbocycles. The molecule has 0 radical (unpaired) electrons. The molecule has 5 nitrogen and oxygen atoms in total. The zero-order valence-corrected chi connectivity index (χ0v) is 9.37. The number of hydrogen-bond donors (Lipinski definition) is 1. The van der Waals surface area contributed by atoms with E-state index >= 15 is 0 Å². The van der Waals surface area contributed by atoms with Crippen LogP contribution in [0.4, 0.5) is 5.95 Å². The average molecular weight is 227 g/mol. The molecule has 0 aliphatic heterocycles. The molecule has 2 heterocycles. The molecule has 1 fully saturated rings. The van der Waals surface area contributed by atoms with Gasteiger partial charge in [0.15, 0.2) is 0 Å². The van der Waals surface area contributed by atoms with E-state index in [0.29, 0.717) is 24.1 Å². The number of hydrogen-bond acceptors (Lipinski definition) is 5. The lowest BCUT2D eigenvalue weighted by Gasteiger charge is -2.03. The molecule has 0 spiro atoms. The molecule has 0 bridgehead atoms. The predicted octanol–water partition coefficient (Wildman–Crippen LogP) is 1.32. The van der Waals surface area contributed by atoms with E-state index in [1.54, 1.807) is 6.20 Å². The maximum atomic E-state index is 5.70. The first kappa shape index (κ1) is 10.1. The second-order valence-electron chi connectivity index (χ2n) is 4.24. The highest BCUT2D eigenvalue weighted by Crippen LogP contribution is 2.38. The van der Waals surface area contributed by atoms with Gasteiger partial charge in [0.25, 0.3) is 0 Å². The van der Waals surface area contributed by atoms with Crippen LogP contribution in [0.2, 0.25) is 0 Å². The summed E-state index contributed by atoms with van der Waals surface area (Å²) in [5, 5.41) is 0. The molecule has 3 rings (SSSR count). The molecule has 0 unspecified atom stereocenters. The maximum Gasteiger partial charge on any atom is 0.223 e. The van der Waals surface area contributed by atoms with Crippen molar-refractivity contribution in [2.24, 2.45) is 0 Å². The SMILES string of the molecule is Nc1nc(Cc2ccccn2)nc(C2CC2)n1. The van der Waals surface area contributed by atoms with Crippen molar-refractivity contribution in [3.8, 4) is 0 Å². The van der Waals surface area contributed by atoms with Crippen molar-refractivity contribution in [3.63, 3.8) is 0 Å². The van der Waals surface area contributed by atoms with Gasteiger partial charge in [-0.05, 0) is 25.0 Å². The number of anilines is 1. The fourth-order valence-electron chi connectivity index (χ4n) is 1.72. The van der Waals surface area contributed by atoms with Crippen LogP contribution in [-0.2, 0) is 6.42 Å². The lowest BCUT2D eigenvalue weighted by atomic mass is 10.2. The number of pyridine rings is 1. The van der Waals surface area contributed by atoms with E-state index in [1.807, 2.05) is 18.2 Å². The summed E-state index contributed by atoms with van der Waals surface area (Å²) >= 11 is 0. The summed E-state index contributed by atoms with van der Waals surface area (Å²) in [6.07, 6.45) is 4.69. The molecule has 5 heteroatoms. The van der Waals surface area contributed by atoms with Crippen LogP contribution in [-0.4, -0.2) is 19.9 Å². The Labute approximate surface area is 99.2 Å². The van der Waals surface area contributed by atoms with Crippen molar-refractivity contribution in [2.45, 2.75) is 25.2 Å². The Balaban J connectivity index is 1.87. The fraction of sp³-hybridized carbons (Fsp3) is 0.333. The second-order valence-corrected chi connectivity index (χ2v) is 4.24. The zero-order valence-electron chi connectivity index (χ0n) is 9.37. The summed E-state index contributed by atoms with van der Waals surface area (Å²) in [4.78, 5) is 17.0. The lowest BCUT2D eigenvalue weighted by Crippen LogP contribution is -2.07. The Morgan fingerprint density at radius 2 is 2.06 bits per heavy atom. The quantitative estimate of drug-likeness (QED) is 0.855. The van der Waals surface area contributed by atoms with Crippen LogP contribution in [0, 0.1) is 0 Å². The zero-order chi connectivity index (χ0) is 11.7. The standard InChI is InChI=1S/C12H13N5/c13-12-16-10(7-9-3-1-2-6-14-9)15-11(17-12)8-4-5-8/h1-3,6,8H,4-5,7H2,(H2,13,15,16,17). The molecular formula is C12H13N5. The van der Waals surface area contributed by atoms with E-state index in [1.165, 1.54) is 0 Å². The van der Waals surface area contributed by atoms with Gasteiger partial charge in [-0.15, -0.1) is 0 Å². The molecule has 1 aliphatic rings. The van der Waals surface area contributed by atoms with Crippen LogP contribution >= 0.6 is 0 Å². The van der Waals surface area contributed by atoms with Crippen molar-refractivity contribution >= 4 is 5.95 Å². The predicted molar refractivity (Wildman–Crippen MR) is 63.3 cm³/mol. The monoisotopic (exact) mass is 227 g/mol. The van der Waals surface area contributed by atoms with Gasteiger partial charge in [-0.2, -0.15) is 9.97 Å². The van der Waals surface area contributed by atoms with Crippen LogP contribution in [0.25, 0.3) is 0 Å². The number of nitrogens with zero attached hydrogens (tertiary/aromatic N) is 4. The van der Waals surface area contributed by atoms with E-state index in [9.17, 15) is 0 Å². The van der Waals surface area contributed by atoms with Gasteiger partial charge in [-0.25, -0.2) is 4.98 Å². The average Bonchev–Trinajstić information content (AvgIpc) is 3.13. The highest BCUT2D eigenvalue weighted by atomic mass is 15.1. The van der Waals surface area contributed by atoms with Gasteiger partial charge in [-0.1, -0.05) is 6.07 Å². The van der Waals surface area contributed by atoms with Crippen LogP contribution in [0.15, 0.2) is 24.4 Å². The third-order valence-electron chi connectivity index (χ3n) is 2.72. The maximum absolute atomic E-state index is 5.70. The van der Waals surface area contributed by atoms with Gasteiger partial charge in [0.2, 0.25) is 5.95 Å². The highest BCUT2D eigenvalue weighted by Gasteiger charge is 2.27. The molecule has 17 heavy (non-hydrogen) atoms. The summed E-state index contributed by atoms with van der Waals surface area (Å²) < 4.78 is 0. The van der Waals surface area contributed by atoms with Gasteiger partial charge >= 0.3 is 0 Å². The summed E-state index contributed by atoms with van der Waals surface area (Å²) in [6, 6.07) is 5.80. The first-order chi connectivity index (χ1) is 8.31. The third-order valence-corrected chi connectivity index (χ3v) is 2.72. The van der Waals surface area contributed by atoms with Crippen LogP contribution < -0.4 is 5.73 Å². The number of aromatic nitrogens is 4. The molecule has 2 N–H and O–H groups in total. The number of rotatable bonds is 3. The van der Waals surface area contributed by atoms with Gasteiger partial charge in [0.1, 0.15) is 11.6 Å². The number of nitrogens with two attached hydrogens (primary N) is 1. The van der Waals surface area contributed by atoms with Crippen LogP contribution in [0.3, 0.4) is 0 Å². The number of nitrogen functional groups attached to an aromatic ring is 1. The lowest BCUT2D eigenvalue weighted by molar-refractivity contribution is 0.830. The second kappa shape index (κ2) is 4.08. The molecule has 1 aliphatic carbocycles. The van der Waals surface area contributed by atoms with Gasteiger partial charge in [-0.3, -0.25) is 4.98 Å². The first-order valence-corrected chi connectivity index (χ1v) is 5.71. The normalized spacial score (nSPS) is 14.8. The van der Waals surface area contributed by atoms with Gasteiger partial charge in [0, 0.05) is 17.8 Å². The minimum atomic E-state index is 0.313. The Kier molecular flexibility index (Phi) is 2.44. The minimum absolute atomic E-state index is 0.313. The molecule has 86 valence electrons. The largest absolute Gasteiger partial charge is 0.368 e. The molecule has 1 saturated carbocycles. The molecule has 0 amide bonds. The van der Waals surface area contributed by atoms with E-state index in [2.05, 4.69) is 19.9 Å². The Morgan fingerprint density at radius 1 is 1.18 bits per heavy atom. The van der Waals surface area contributed by atoms with Crippen LogP contribution in [0.5, 0.6) is 0 Å². The summed E-state index contributed by atoms with van der Waals surface area (Å²) in [5.74, 6) is 2.34. The van der Waals surface area contributed by atoms with E-state index in [0.717, 1.165) is 24.4 Å². The van der Waals surface area contributed by atoms with Crippen molar-refractivity contribution < 1.29 is 0 Å². The smallest absolute Gasteiger partial charge is 0.223 e. The highest BCUT2D eigenvalue weighted by molar-refractivity contribution is 5.21. The molecule has 2 aromatic heterocycles. The molecule has 2 aromatic rings. The van der Waals surface area contributed by atoms with E-state index < -0.39 is 0 Å².